The molecule has 1 aliphatic rings. The van der Waals surface area contributed by atoms with Crippen LogP contribution in [0, 0.1) is 3.57 Å². The number of aliphatic imine (C=N–C) groups is 1. The molecule has 0 atom stereocenters. The van der Waals surface area contributed by atoms with Crippen molar-refractivity contribution in [3.8, 4) is 11.5 Å². The number of ether oxygens (including phenoxy) is 2. The van der Waals surface area contributed by atoms with E-state index in [-0.39, 0.29) is 11.5 Å². The highest BCUT2D eigenvalue weighted by Crippen LogP contribution is 2.38. The van der Waals surface area contributed by atoms with E-state index >= 15 is 0 Å². The molecular weight excluding hydrogens is 659 g/mol. The average Bonchev–Trinajstić information content (AvgIpc) is 3.12. The molecule has 0 aliphatic carbocycles. The summed E-state index contributed by atoms with van der Waals surface area (Å²) in [5.41, 5.74) is 2.56. The number of rotatable bonds is 7. The first-order valence-electron chi connectivity index (χ1n) is 10.6. The van der Waals surface area contributed by atoms with Gasteiger partial charge in [0.1, 0.15) is 6.61 Å². The molecular formula is C26H20BrIN2O5S. The summed E-state index contributed by atoms with van der Waals surface area (Å²) >= 11 is 6.88. The number of amidine groups is 1. The number of hydrogen-bond donors (Lipinski definition) is 1. The third-order valence-electron chi connectivity index (χ3n) is 5.19. The molecule has 3 aromatic rings. The number of likely N-dealkylation sites (N-methyl/N-ethyl adjacent to an activating group) is 1. The third kappa shape index (κ3) is 6.11. The van der Waals surface area contributed by atoms with Crippen molar-refractivity contribution in [2.75, 3.05) is 14.2 Å². The number of benzene rings is 3. The van der Waals surface area contributed by atoms with Gasteiger partial charge in [0.25, 0.3) is 5.91 Å². The predicted octanol–water partition coefficient (Wildman–Crippen LogP) is 6.57. The first-order valence-corrected chi connectivity index (χ1v) is 13.3. The van der Waals surface area contributed by atoms with Crippen LogP contribution in [0.4, 0.5) is 5.69 Å². The van der Waals surface area contributed by atoms with Crippen molar-refractivity contribution in [1.82, 2.24) is 4.90 Å². The van der Waals surface area contributed by atoms with E-state index in [0.717, 1.165) is 19.2 Å². The minimum atomic E-state index is -1.00. The summed E-state index contributed by atoms with van der Waals surface area (Å²) in [6, 6.07) is 17.8. The fraction of sp³-hybridized carbons (Fsp3) is 0.115. The maximum atomic E-state index is 12.9. The standard InChI is InChI=1S/C26H20BrIN2O5S/c1-30-24(31)22(36-26(30)29-19-9-5-17(6-10-19)25(32)33)13-16-11-20(28)23(21(12-16)34-2)35-14-15-3-7-18(27)8-4-15/h3-13H,14H2,1-2H3,(H,32,33)/b22-13-,29-26?. The molecule has 0 spiro atoms. The monoisotopic (exact) mass is 678 g/mol. The maximum Gasteiger partial charge on any atom is 0.335 e. The highest BCUT2D eigenvalue weighted by Gasteiger charge is 2.30. The van der Waals surface area contributed by atoms with Gasteiger partial charge < -0.3 is 14.6 Å². The number of methoxy groups -OCH3 is 1. The lowest BCUT2D eigenvalue weighted by atomic mass is 10.1. The summed E-state index contributed by atoms with van der Waals surface area (Å²) < 4.78 is 13.5. The van der Waals surface area contributed by atoms with Crippen LogP contribution >= 0.6 is 50.3 Å². The van der Waals surface area contributed by atoms with Gasteiger partial charge >= 0.3 is 5.97 Å². The molecule has 36 heavy (non-hydrogen) atoms. The molecule has 4 rings (SSSR count). The molecule has 3 aromatic carbocycles. The van der Waals surface area contributed by atoms with Crippen molar-refractivity contribution in [3.05, 3.63) is 90.3 Å². The van der Waals surface area contributed by atoms with Gasteiger partial charge in [-0.25, -0.2) is 9.79 Å². The third-order valence-corrected chi connectivity index (χ3v) is 7.58. The molecule has 0 saturated carbocycles. The molecule has 184 valence electrons. The lowest BCUT2D eigenvalue weighted by Crippen LogP contribution is -2.23. The van der Waals surface area contributed by atoms with Crippen LogP contribution in [0.15, 0.2) is 75.0 Å². The van der Waals surface area contributed by atoms with Crippen molar-refractivity contribution in [1.29, 1.82) is 0 Å². The molecule has 1 N–H and O–H groups in total. The second-order valence-electron chi connectivity index (χ2n) is 7.67. The SMILES string of the molecule is COc1cc(/C=C2\SC(=Nc3ccc(C(=O)O)cc3)N(C)C2=O)cc(I)c1OCc1ccc(Br)cc1. The Morgan fingerprint density at radius 1 is 1.17 bits per heavy atom. The second kappa shape index (κ2) is 11.5. The van der Waals surface area contributed by atoms with Crippen LogP contribution in [0.5, 0.6) is 11.5 Å². The number of nitrogens with zero attached hydrogens (tertiary/aromatic N) is 2. The van der Waals surface area contributed by atoms with Gasteiger partial charge in [0.05, 0.1) is 26.8 Å². The number of aromatic carboxylic acids is 1. The van der Waals surface area contributed by atoms with E-state index < -0.39 is 5.97 Å². The Balaban J connectivity index is 1.55. The Morgan fingerprint density at radius 2 is 1.86 bits per heavy atom. The Morgan fingerprint density at radius 3 is 2.50 bits per heavy atom. The summed E-state index contributed by atoms with van der Waals surface area (Å²) in [5.74, 6) is 0.0296. The normalized spacial score (nSPS) is 15.6. The summed E-state index contributed by atoms with van der Waals surface area (Å²) in [7, 11) is 3.24. The van der Waals surface area contributed by atoms with Gasteiger partial charge in [0.2, 0.25) is 0 Å². The quantitative estimate of drug-likeness (QED) is 0.225. The van der Waals surface area contributed by atoms with Crippen molar-refractivity contribution in [3.63, 3.8) is 0 Å². The minimum Gasteiger partial charge on any atom is -0.493 e. The van der Waals surface area contributed by atoms with Crippen LogP contribution in [0.3, 0.4) is 0 Å². The molecule has 1 saturated heterocycles. The van der Waals surface area contributed by atoms with Gasteiger partial charge in [-0.05, 0) is 100 Å². The molecule has 1 amide bonds. The number of carboxylic acid groups (broad SMARTS) is 1. The van der Waals surface area contributed by atoms with E-state index in [1.807, 2.05) is 36.4 Å². The first kappa shape index (κ1) is 26.2. The summed E-state index contributed by atoms with van der Waals surface area (Å²) in [6.45, 7) is 0.395. The van der Waals surface area contributed by atoms with Crippen LogP contribution < -0.4 is 9.47 Å². The number of amides is 1. The van der Waals surface area contributed by atoms with Crippen LogP contribution in [-0.2, 0) is 11.4 Å². The Kier molecular flexibility index (Phi) is 8.37. The van der Waals surface area contributed by atoms with Crippen molar-refractivity contribution in [2.24, 2.45) is 4.99 Å². The van der Waals surface area contributed by atoms with Gasteiger partial charge in [-0.15, -0.1) is 0 Å². The van der Waals surface area contributed by atoms with Gasteiger partial charge in [-0.3, -0.25) is 9.69 Å². The lowest BCUT2D eigenvalue weighted by Gasteiger charge is -2.14. The second-order valence-corrected chi connectivity index (χ2v) is 10.8. The van der Waals surface area contributed by atoms with Gasteiger partial charge in [-0.2, -0.15) is 0 Å². The summed E-state index contributed by atoms with van der Waals surface area (Å²) in [6.07, 6.45) is 1.79. The number of thioether (sulfide) groups is 1. The topological polar surface area (TPSA) is 88.4 Å². The van der Waals surface area contributed by atoms with Crippen LogP contribution in [-0.4, -0.2) is 41.2 Å². The van der Waals surface area contributed by atoms with E-state index in [1.165, 1.54) is 28.8 Å². The number of halogens is 2. The molecule has 1 aliphatic heterocycles. The van der Waals surface area contributed by atoms with E-state index in [1.54, 1.807) is 32.4 Å². The van der Waals surface area contributed by atoms with E-state index in [2.05, 4.69) is 43.5 Å². The highest BCUT2D eigenvalue weighted by molar-refractivity contribution is 14.1. The molecule has 1 heterocycles. The molecule has 0 unspecified atom stereocenters. The lowest BCUT2D eigenvalue weighted by molar-refractivity contribution is -0.121. The number of hydrogen-bond acceptors (Lipinski definition) is 6. The molecule has 0 radical (unpaired) electrons. The zero-order valence-corrected chi connectivity index (χ0v) is 23.8. The van der Waals surface area contributed by atoms with Crippen LogP contribution in [0.2, 0.25) is 0 Å². The van der Waals surface area contributed by atoms with E-state index in [4.69, 9.17) is 14.6 Å². The molecule has 1 fully saturated rings. The van der Waals surface area contributed by atoms with Crippen LogP contribution in [0.1, 0.15) is 21.5 Å². The van der Waals surface area contributed by atoms with Gasteiger partial charge in [0, 0.05) is 11.5 Å². The predicted molar refractivity (Wildman–Crippen MR) is 153 cm³/mol. The van der Waals surface area contributed by atoms with Crippen molar-refractivity contribution < 1.29 is 24.2 Å². The van der Waals surface area contributed by atoms with E-state index in [9.17, 15) is 9.59 Å². The number of carbonyl (C=O) groups excluding carboxylic acids is 1. The number of carboxylic acids is 1. The van der Waals surface area contributed by atoms with Gasteiger partial charge in [0.15, 0.2) is 16.7 Å². The summed E-state index contributed by atoms with van der Waals surface area (Å²) in [5, 5.41) is 9.56. The van der Waals surface area contributed by atoms with Crippen molar-refractivity contribution >= 4 is 79.1 Å². The van der Waals surface area contributed by atoms with Crippen molar-refractivity contribution in [2.45, 2.75) is 6.61 Å². The van der Waals surface area contributed by atoms with E-state index in [0.29, 0.717) is 33.9 Å². The highest BCUT2D eigenvalue weighted by atomic mass is 127. The average molecular weight is 679 g/mol. The molecule has 0 aromatic heterocycles. The fourth-order valence-electron chi connectivity index (χ4n) is 3.29. The molecule has 0 bridgehead atoms. The Labute approximate surface area is 234 Å². The number of carbonyl (C=O) groups is 2. The molecule has 7 nitrogen and oxygen atoms in total. The van der Waals surface area contributed by atoms with Crippen LogP contribution in [0.25, 0.3) is 6.08 Å². The Hall–Kier alpha value is -2.83. The fourth-order valence-corrected chi connectivity index (χ4v) is 5.32. The maximum absolute atomic E-state index is 12.9. The smallest absolute Gasteiger partial charge is 0.335 e. The summed E-state index contributed by atoms with van der Waals surface area (Å²) in [4.78, 5) is 30.4. The zero-order chi connectivity index (χ0) is 25.8. The zero-order valence-electron chi connectivity index (χ0n) is 19.2. The molecule has 10 heteroatoms. The first-order chi connectivity index (χ1) is 17.2. The Bertz CT molecular complexity index is 1370. The largest absolute Gasteiger partial charge is 0.493 e. The van der Waals surface area contributed by atoms with Gasteiger partial charge in [-0.1, -0.05) is 28.1 Å². The minimum absolute atomic E-state index is 0.176.